The highest BCUT2D eigenvalue weighted by Gasteiger charge is 2.17. The third-order valence-corrected chi connectivity index (χ3v) is 3.89. The second-order valence-electron chi connectivity index (χ2n) is 5.66. The number of rotatable bonds is 7. The van der Waals surface area contributed by atoms with Crippen LogP contribution in [0.5, 0.6) is 0 Å². The van der Waals surface area contributed by atoms with E-state index >= 15 is 0 Å². The summed E-state index contributed by atoms with van der Waals surface area (Å²) in [6, 6.07) is 0.268. The van der Waals surface area contributed by atoms with Gasteiger partial charge in [0.1, 0.15) is 4.47 Å². The molecule has 0 amide bonds. The first kappa shape index (κ1) is 17.2. The van der Waals surface area contributed by atoms with Crippen LogP contribution in [0.2, 0.25) is 0 Å². The molecule has 6 heteroatoms. The summed E-state index contributed by atoms with van der Waals surface area (Å²) in [7, 11) is 4.09. The average molecular weight is 345 g/mol. The van der Waals surface area contributed by atoms with Gasteiger partial charge in [0, 0.05) is 19.1 Å². The van der Waals surface area contributed by atoms with Gasteiger partial charge >= 0.3 is 0 Å². The molecule has 0 aromatic carbocycles. The summed E-state index contributed by atoms with van der Waals surface area (Å²) in [4.78, 5) is 14.3. The largest absolute Gasteiger partial charge is 0.378 e. The molecule has 0 radical (unpaired) electrons. The molecule has 0 fully saturated rings. The molecule has 5 nitrogen and oxygen atoms in total. The fourth-order valence-electron chi connectivity index (χ4n) is 1.95. The van der Waals surface area contributed by atoms with Crippen molar-refractivity contribution >= 4 is 21.6 Å². The lowest BCUT2D eigenvalue weighted by molar-refractivity contribution is 0.344. The summed E-state index contributed by atoms with van der Waals surface area (Å²) in [5.74, 6) is 0.461. The molecular weight excluding hydrogens is 320 g/mol. The van der Waals surface area contributed by atoms with Gasteiger partial charge in [-0.2, -0.15) is 5.10 Å². The Kier molecular flexibility index (Phi) is 6.68. The SMILES string of the molecule is CCCn1ncc(NC(CN(C)C)C(C)C)c(Br)c1=O. The number of hydrogen-bond donors (Lipinski definition) is 1. The lowest BCUT2D eigenvalue weighted by atomic mass is 10.0. The van der Waals surface area contributed by atoms with E-state index in [0.29, 0.717) is 16.9 Å². The Morgan fingerprint density at radius 3 is 2.60 bits per heavy atom. The number of hydrogen-bond acceptors (Lipinski definition) is 4. The maximum Gasteiger partial charge on any atom is 0.283 e. The van der Waals surface area contributed by atoms with Crippen LogP contribution >= 0.6 is 15.9 Å². The summed E-state index contributed by atoms with van der Waals surface area (Å²) in [6.45, 7) is 7.91. The van der Waals surface area contributed by atoms with Crippen LogP contribution in [0, 0.1) is 5.92 Å². The molecule has 1 aromatic rings. The molecule has 1 rings (SSSR count). The summed E-state index contributed by atoms with van der Waals surface area (Å²) in [5, 5.41) is 7.64. The Morgan fingerprint density at radius 2 is 2.10 bits per heavy atom. The van der Waals surface area contributed by atoms with Crippen molar-refractivity contribution in [3.05, 3.63) is 21.0 Å². The normalized spacial score (nSPS) is 13.0. The zero-order chi connectivity index (χ0) is 15.3. The van der Waals surface area contributed by atoms with Crippen LogP contribution in [-0.4, -0.2) is 41.4 Å². The molecule has 0 saturated carbocycles. The van der Waals surface area contributed by atoms with E-state index in [2.05, 4.69) is 45.1 Å². The molecule has 1 atom stereocenters. The fraction of sp³-hybridized carbons (Fsp3) is 0.714. The van der Waals surface area contributed by atoms with Gasteiger partial charge in [-0.05, 0) is 42.4 Å². The van der Waals surface area contributed by atoms with Gasteiger partial charge in [-0.1, -0.05) is 20.8 Å². The van der Waals surface area contributed by atoms with E-state index in [1.807, 2.05) is 21.0 Å². The minimum atomic E-state index is -0.0794. The number of halogens is 1. The van der Waals surface area contributed by atoms with E-state index in [4.69, 9.17) is 0 Å². The molecule has 0 aliphatic rings. The van der Waals surface area contributed by atoms with Crippen molar-refractivity contribution in [2.45, 2.75) is 39.8 Å². The molecule has 1 unspecified atom stereocenters. The Labute approximate surface area is 129 Å². The Hall–Kier alpha value is -0.880. The Morgan fingerprint density at radius 1 is 1.45 bits per heavy atom. The standard InChI is InChI=1S/C14H25BrN4O/c1-6-7-19-14(20)13(15)11(8-16-19)17-12(10(2)3)9-18(4)5/h8,10,12,17H,6-7,9H2,1-5H3. The van der Waals surface area contributed by atoms with E-state index in [1.165, 1.54) is 4.68 Å². The second-order valence-corrected chi connectivity index (χ2v) is 6.45. The molecule has 1 heterocycles. The number of aryl methyl sites for hydroxylation is 1. The van der Waals surface area contributed by atoms with E-state index in [1.54, 1.807) is 6.20 Å². The van der Waals surface area contributed by atoms with Crippen LogP contribution in [0.3, 0.4) is 0 Å². The van der Waals surface area contributed by atoms with Crippen LogP contribution in [0.15, 0.2) is 15.5 Å². The lowest BCUT2D eigenvalue weighted by Gasteiger charge is -2.27. The molecule has 0 aliphatic heterocycles. The quantitative estimate of drug-likeness (QED) is 0.825. The van der Waals surface area contributed by atoms with Gasteiger partial charge in [0.25, 0.3) is 5.56 Å². The minimum absolute atomic E-state index is 0.0794. The Bertz CT molecular complexity index is 485. The first-order valence-corrected chi connectivity index (χ1v) is 7.83. The third-order valence-electron chi connectivity index (χ3n) is 3.13. The lowest BCUT2D eigenvalue weighted by Crippen LogP contribution is -2.37. The van der Waals surface area contributed by atoms with Crippen LogP contribution in [0.1, 0.15) is 27.2 Å². The summed E-state index contributed by atoms with van der Waals surface area (Å²) >= 11 is 3.40. The van der Waals surface area contributed by atoms with Crippen molar-refractivity contribution in [3.8, 4) is 0 Å². The first-order valence-electron chi connectivity index (χ1n) is 7.03. The molecule has 1 aromatic heterocycles. The van der Waals surface area contributed by atoms with Crippen molar-refractivity contribution < 1.29 is 0 Å². The Balaban J connectivity index is 2.96. The number of nitrogens with one attached hydrogen (secondary N) is 1. The predicted molar refractivity (Wildman–Crippen MR) is 87.3 cm³/mol. The summed E-state index contributed by atoms with van der Waals surface area (Å²) in [6.07, 6.45) is 2.62. The minimum Gasteiger partial charge on any atom is -0.378 e. The molecule has 114 valence electrons. The molecule has 0 saturated heterocycles. The van der Waals surface area contributed by atoms with Gasteiger partial charge in [0.2, 0.25) is 0 Å². The van der Waals surface area contributed by atoms with Crippen LogP contribution in [0.4, 0.5) is 5.69 Å². The highest BCUT2D eigenvalue weighted by molar-refractivity contribution is 9.10. The van der Waals surface area contributed by atoms with Gasteiger partial charge in [0.05, 0.1) is 11.9 Å². The highest BCUT2D eigenvalue weighted by Crippen LogP contribution is 2.19. The number of nitrogens with zero attached hydrogens (tertiary/aromatic N) is 3. The maximum atomic E-state index is 12.2. The van der Waals surface area contributed by atoms with Crippen LogP contribution in [0.25, 0.3) is 0 Å². The van der Waals surface area contributed by atoms with E-state index in [0.717, 1.165) is 18.7 Å². The van der Waals surface area contributed by atoms with Crippen molar-refractivity contribution in [2.75, 3.05) is 26.0 Å². The number of likely N-dealkylation sites (N-methyl/N-ethyl adjacent to an activating group) is 1. The monoisotopic (exact) mass is 344 g/mol. The molecule has 20 heavy (non-hydrogen) atoms. The number of anilines is 1. The van der Waals surface area contributed by atoms with Crippen molar-refractivity contribution in [2.24, 2.45) is 5.92 Å². The van der Waals surface area contributed by atoms with E-state index in [9.17, 15) is 4.79 Å². The maximum absolute atomic E-state index is 12.2. The molecular formula is C14H25BrN4O. The predicted octanol–water partition coefficient (Wildman–Crippen LogP) is 2.41. The smallest absolute Gasteiger partial charge is 0.283 e. The number of aromatic nitrogens is 2. The molecule has 0 aliphatic carbocycles. The van der Waals surface area contributed by atoms with Crippen molar-refractivity contribution in [1.29, 1.82) is 0 Å². The molecule has 1 N–H and O–H groups in total. The van der Waals surface area contributed by atoms with Crippen LogP contribution in [-0.2, 0) is 6.54 Å². The summed E-state index contributed by atoms with van der Waals surface area (Å²) < 4.78 is 2.05. The van der Waals surface area contributed by atoms with Gasteiger partial charge in [-0.3, -0.25) is 4.79 Å². The molecule has 0 bridgehead atoms. The van der Waals surface area contributed by atoms with Gasteiger partial charge in [-0.15, -0.1) is 0 Å². The van der Waals surface area contributed by atoms with Gasteiger partial charge < -0.3 is 10.2 Å². The average Bonchev–Trinajstić information content (AvgIpc) is 2.36. The van der Waals surface area contributed by atoms with E-state index in [-0.39, 0.29) is 11.6 Å². The van der Waals surface area contributed by atoms with Crippen molar-refractivity contribution in [1.82, 2.24) is 14.7 Å². The second kappa shape index (κ2) is 7.78. The highest BCUT2D eigenvalue weighted by atomic mass is 79.9. The van der Waals surface area contributed by atoms with Gasteiger partial charge in [-0.25, -0.2) is 4.68 Å². The summed E-state index contributed by atoms with van der Waals surface area (Å²) in [5.41, 5.74) is 0.687. The van der Waals surface area contributed by atoms with Crippen molar-refractivity contribution in [3.63, 3.8) is 0 Å². The van der Waals surface area contributed by atoms with Gasteiger partial charge in [0.15, 0.2) is 0 Å². The van der Waals surface area contributed by atoms with Crippen LogP contribution < -0.4 is 10.9 Å². The zero-order valence-corrected chi connectivity index (χ0v) is 14.6. The topological polar surface area (TPSA) is 50.2 Å². The molecule has 0 spiro atoms. The first-order chi connectivity index (χ1) is 9.36. The zero-order valence-electron chi connectivity index (χ0n) is 13.0. The fourth-order valence-corrected chi connectivity index (χ4v) is 2.37. The third kappa shape index (κ3) is 4.59. The van der Waals surface area contributed by atoms with E-state index < -0.39 is 0 Å².